The molecule has 158 valence electrons. The molecule has 8 heteroatoms. The van der Waals surface area contributed by atoms with E-state index in [4.69, 9.17) is 0 Å². The molecule has 0 saturated carbocycles. The average molecular weight is 436 g/mol. The number of nitrogens with zero attached hydrogens (tertiary/aromatic N) is 2. The number of nitrogens with one attached hydrogen (secondary N) is 1. The van der Waals surface area contributed by atoms with E-state index in [1.54, 1.807) is 16.4 Å². The highest BCUT2D eigenvalue weighted by Crippen LogP contribution is 2.27. The topological polar surface area (TPSA) is 69.7 Å². The van der Waals surface area contributed by atoms with Gasteiger partial charge in [0.25, 0.3) is 10.0 Å². The van der Waals surface area contributed by atoms with E-state index in [1.807, 2.05) is 32.3 Å². The molecule has 0 radical (unpaired) electrons. The predicted molar refractivity (Wildman–Crippen MR) is 116 cm³/mol. The van der Waals surface area contributed by atoms with E-state index in [0.717, 1.165) is 36.2 Å². The molecule has 1 amide bonds. The van der Waals surface area contributed by atoms with Crippen LogP contribution in [0.2, 0.25) is 0 Å². The Balaban J connectivity index is 1.58. The fourth-order valence-corrected chi connectivity index (χ4v) is 6.49. The molecule has 1 N–H and O–H groups in total. The van der Waals surface area contributed by atoms with Crippen LogP contribution in [0.25, 0.3) is 0 Å². The van der Waals surface area contributed by atoms with Crippen LogP contribution in [-0.4, -0.2) is 50.7 Å². The molecule has 1 aromatic heterocycles. The lowest BCUT2D eigenvalue weighted by Gasteiger charge is -2.25. The van der Waals surface area contributed by atoms with E-state index in [1.165, 1.54) is 16.9 Å². The summed E-state index contributed by atoms with van der Waals surface area (Å²) in [5, 5.41) is 2.96. The van der Waals surface area contributed by atoms with Crippen LogP contribution >= 0.6 is 11.3 Å². The highest BCUT2D eigenvalue weighted by Gasteiger charge is 2.27. The minimum atomic E-state index is -3.43. The summed E-state index contributed by atoms with van der Waals surface area (Å²) in [5.74, 6) is -0.103. The van der Waals surface area contributed by atoms with Crippen molar-refractivity contribution in [3.8, 4) is 0 Å². The third-order valence-corrected chi connectivity index (χ3v) is 8.41. The maximum atomic E-state index is 12.8. The zero-order chi connectivity index (χ0) is 20.9. The molecule has 0 atom stereocenters. The van der Waals surface area contributed by atoms with Gasteiger partial charge in [-0.1, -0.05) is 30.7 Å². The summed E-state index contributed by atoms with van der Waals surface area (Å²) in [6.07, 6.45) is 3.10. The van der Waals surface area contributed by atoms with E-state index in [0.29, 0.717) is 23.8 Å². The molecular formula is C21H29N3O3S2. The Hall–Kier alpha value is -1.74. The monoisotopic (exact) mass is 435 g/mol. The average Bonchev–Trinajstić information content (AvgIpc) is 3.17. The SMILES string of the molecule is CN(C)Cc1ccccc1CNC(=O)Cc1ccc(S(=O)(=O)N2CCCCC2)s1. The first kappa shape index (κ1) is 22.0. The minimum Gasteiger partial charge on any atom is -0.352 e. The molecule has 0 spiro atoms. The third-order valence-electron chi connectivity index (χ3n) is 4.96. The molecule has 1 aliphatic rings. The van der Waals surface area contributed by atoms with Crippen LogP contribution in [0.15, 0.2) is 40.6 Å². The van der Waals surface area contributed by atoms with Crippen molar-refractivity contribution in [3.05, 3.63) is 52.4 Å². The van der Waals surface area contributed by atoms with Crippen molar-refractivity contribution in [2.24, 2.45) is 0 Å². The Labute approximate surface area is 177 Å². The van der Waals surface area contributed by atoms with Gasteiger partial charge >= 0.3 is 0 Å². The van der Waals surface area contributed by atoms with Crippen molar-refractivity contribution >= 4 is 27.3 Å². The lowest BCUT2D eigenvalue weighted by Crippen LogP contribution is -2.35. The number of hydrogen-bond donors (Lipinski definition) is 1. The van der Waals surface area contributed by atoms with Crippen LogP contribution in [0, 0.1) is 0 Å². The van der Waals surface area contributed by atoms with Gasteiger partial charge in [0.15, 0.2) is 0 Å². The predicted octanol–water partition coefficient (Wildman–Crippen LogP) is 2.84. The van der Waals surface area contributed by atoms with Gasteiger partial charge in [0.1, 0.15) is 4.21 Å². The van der Waals surface area contributed by atoms with Crippen LogP contribution in [0.5, 0.6) is 0 Å². The number of benzene rings is 1. The van der Waals surface area contributed by atoms with Crippen LogP contribution in [0.4, 0.5) is 0 Å². The second kappa shape index (κ2) is 9.84. The van der Waals surface area contributed by atoms with Crippen LogP contribution < -0.4 is 5.32 Å². The van der Waals surface area contributed by atoms with Gasteiger partial charge in [-0.05, 0) is 50.2 Å². The smallest absolute Gasteiger partial charge is 0.252 e. The van der Waals surface area contributed by atoms with Crippen molar-refractivity contribution in [3.63, 3.8) is 0 Å². The number of thiophene rings is 1. The molecular weight excluding hydrogens is 406 g/mol. The molecule has 3 rings (SSSR count). The lowest BCUT2D eigenvalue weighted by atomic mass is 10.1. The summed E-state index contributed by atoms with van der Waals surface area (Å²) in [6.45, 7) is 2.45. The molecule has 0 aliphatic carbocycles. The summed E-state index contributed by atoms with van der Waals surface area (Å²) < 4.78 is 27.4. The van der Waals surface area contributed by atoms with Gasteiger partial charge in [0.05, 0.1) is 6.42 Å². The summed E-state index contributed by atoms with van der Waals surface area (Å²) in [7, 11) is 0.597. The first-order valence-electron chi connectivity index (χ1n) is 9.93. The van der Waals surface area contributed by atoms with E-state index in [2.05, 4.69) is 16.3 Å². The lowest BCUT2D eigenvalue weighted by molar-refractivity contribution is -0.120. The second-order valence-electron chi connectivity index (χ2n) is 7.65. The normalized spacial score (nSPS) is 15.6. The van der Waals surface area contributed by atoms with Gasteiger partial charge in [0, 0.05) is 31.1 Å². The number of carbonyl (C=O) groups excluding carboxylic acids is 1. The molecule has 1 aliphatic heterocycles. The molecule has 2 aromatic rings. The van der Waals surface area contributed by atoms with Gasteiger partial charge < -0.3 is 10.2 Å². The second-order valence-corrected chi connectivity index (χ2v) is 11.0. The minimum absolute atomic E-state index is 0.103. The molecule has 2 heterocycles. The standard InChI is InChI=1S/C21H29N3O3S2/c1-23(2)16-18-9-5-4-8-17(18)15-22-20(25)14-19-10-11-21(28-19)29(26,27)24-12-6-3-7-13-24/h4-5,8-11H,3,6-7,12-16H2,1-2H3,(H,22,25). The van der Waals surface area contributed by atoms with E-state index in [9.17, 15) is 13.2 Å². The van der Waals surface area contributed by atoms with Gasteiger partial charge in [0.2, 0.25) is 5.91 Å². The zero-order valence-corrected chi connectivity index (χ0v) is 18.7. The Morgan fingerprint density at radius 2 is 1.76 bits per heavy atom. The van der Waals surface area contributed by atoms with Gasteiger partial charge in [-0.15, -0.1) is 11.3 Å². The van der Waals surface area contributed by atoms with E-state index in [-0.39, 0.29) is 12.3 Å². The Morgan fingerprint density at radius 1 is 1.07 bits per heavy atom. The Kier molecular flexibility index (Phi) is 7.45. The van der Waals surface area contributed by atoms with Crippen LogP contribution in [0.1, 0.15) is 35.3 Å². The fourth-order valence-electron chi connectivity index (χ4n) is 3.46. The highest BCUT2D eigenvalue weighted by atomic mass is 32.2. The van der Waals surface area contributed by atoms with Crippen LogP contribution in [-0.2, 0) is 34.3 Å². The summed E-state index contributed by atoms with van der Waals surface area (Å²) in [6, 6.07) is 11.4. The third kappa shape index (κ3) is 5.88. The summed E-state index contributed by atoms with van der Waals surface area (Å²) >= 11 is 1.20. The van der Waals surface area contributed by atoms with E-state index >= 15 is 0 Å². The zero-order valence-electron chi connectivity index (χ0n) is 17.1. The number of hydrogen-bond acceptors (Lipinski definition) is 5. The highest BCUT2D eigenvalue weighted by molar-refractivity contribution is 7.91. The molecule has 6 nitrogen and oxygen atoms in total. The molecule has 1 saturated heterocycles. The maximum Gasteiger partial charge on any atom is 0.252 e. The maximum absolute atomic E-state index is 12.8. The van der Waals surface area contributed by atoms with Crippen LogP contribution in [0.3, 0.4) is 0 Å². The quantitative estimate of drug-likeness (QED) is 0.692. The van der Waals surface area contributed by atoms with Gasteiger partial charge in [-0.25, -0.2) is 8.42 Å². The first-order chi connectivity index (χ1) is 13.9. The summed E-state index contributed by atoms with van der Waals surface area (Å²) in [4.78, 5) is 15.3. The van der Waals surface area contributed by atoms with Gasteiger partial charge in [-0.3, -0.25) is 4.79 Å². The summed E-state index contributed by atoms with van der Waals surface area (Å²) in [5.41, 5.74) is 2.28. The Morgan fingerprint density at radius 3 is 2.45 bits per heavy atom. The van der Waals surface area contributed by atoms with Crippen molar-refractivity contribution in [2.45, 2.75) is 43.0 Å². The van der Waals surface area contributed by atoms with Crippen molar-refractivity contribution in [2.75, 3.05) is 27.2 Å². The number of carbonyl (C=O) groups is 1. The van der Waals surface area contributed by atoms with E-state index < -0.39 is 10.0 Å². The number of sulfonamides is 1. The van der Waals surface area contributed by atoms with Gasteiger partial charge in [-0.2, -0.15) is 4.31 Å². The van der Waals surface area contributed by atoms with Crippen molar-refractivity contribution in [1.82, 2.24) is 14.5 Å². The molecule has 1 fully saturated rings. The fraction of sp³-hybridized carbons (Fsp3) is 0.476. The number of rotatable bonds is 8. The molecule has 0 bridgehead atoms. The van der Waals surface area contributed by atoms with Crippen molar-refractivity contribution < 1.29 is 13.2 Å². The van der Waals surface area contributed by atoms with Crippen molar-refractivity contribution in [1.29, 1.82) is 0 Å². The number of piperidine rings is 1. The molecule has 1 aromatic carbocycles. The first-order valence-corrected chi connectivity index (χ1v) is 12.2. The molecule has 29 heavy (non-hydrogen) atoms. The molecule has 0 unspecified atom stereocenters. The largest absolute Gasteiger partial charge is 0.352 e. The number of amides is 1. The Bertz CT molecular complexity index is 932.